The lowest BCUT2D eigenvalue weighted by Crippen LogP contribution is -2.60. The van der Waals surface area contributed by atoms with Crippen LogP contribution in [0.3, 0.4) is 0 Å². The van der Waals surface area contributed by atoms with Gasteiger partial charge in [-0.3, -0.25) is 14.4 Å². The van der Waals surface area contributed by atoms with Crippen LogP contribution in [0.2, 0.25) is 0 Å². The van der Waals surface area contributed by atoms with Gasteiger partial charge in [-0.1, -0.05) is 45.4 Å². The van der Waals surface area contributed by atoms with Crippen LogP contribution >= 0.6 is 0 Å². The maximum absolute atomic E-state index is 13.5. The lowest BCUT2D eigenvalue weighted by Gasteiger charge is -2.53. The number of carbonyl (C=O) groups is 4. The molecule has 266 valence electrons. The van der Waals surface area contributed by atoms with E-state index in [-0.39, 0.29) is 79.1 Å². The first-order chi connectivity index (χ1) is 22.8. The van der Waals surface area contributed by atoms with Gasteiger partial charge in [0.1, 0.15) is 11.9 Å². The van der Waals surface area contributed by atoms with Crippen molar-refractivity contribution in [2.75, 3.05) is 0 Å². The molecule has 5 bridgehead atoms. The second-order valence-electron chi connectivity index (χ2n) is 15.0. The Kier molecular flexibility index (Phi) is 11.8. The molecule has 4 saturated heterocycles. The minimum atomic E-state index is -1.05. The second-order valence-corrected chi connectivity index (χ2v) is 15.0. The number of epoxide rings is 1. The van der Waals surface area contributed by atoms with Gasteiger partial charge in [0.25, 0.3) is 0 Å². The zero-order chi connectivity index (χ0) is 34.6. The molecule has 1 N–H and O–H groups in total. The molecule has 1 spiro atoms. The minimum absolute atomic E-state index is 0.00994. The largest absolute Gasteiger partial charge is 0.451 e. The van der Waals surface area contributed by atoms with Crippen LogP contribution in [0.5, 0.6) is 0 Å². The topological polar surface area (TPSA) is 130 Å². The Hall–Kier alpha value is -2.66. The van der Waals surface area contributed by atoms with E-state index < -0.39 is 29.4 Å². The Labute approximate surface area is 285 Å². The predicted octanol–water partition coefficient (Wildman–Crippen LogP) is 5.82. The van der Waals surface area contributed by atoms with Crippen molar-refractivity contribution in [3.05, 3.63) is 36.1 Å². The maximum atomic E-state index is 13.5. The number of hydrogen-bond acceptors (Lipinski definition) is 9. The summed E-state index contributed by atoms with van der Waals surface area (Å²) in [6, 6.07) is 0. The molecule has 10 heteroatoms. The van der Waals surface area contributed by atoms with Crippen molar-refractivity contribution in [2.24, 2.45) is 17.8 Å². The lowest BCUT2D eigenvalue weighted by atomic mass is 9.78. The number of carbonyl (C=O) groups excluding carboxylic acids is 4. The van der Waals surface area contributed by atoms with Gasteiger partial charge in [-0.2, -0.15) is 0 Å². The van der Waals surface area contributed by atoms with Gasteiger partial charge in [0.05, 0.1) is 30.0 Å². The van der Waals surface area contributed by atoms with Crippen molar-refractivity contribution in [1.29, 1.82) is 0 Å². The van der Waals surface area contributed by atoms with Gasteiger partial charge in [-0.25, -0.2) is 4.79 Å². The third-order valence-corrected chi connectivity index (χ3v) is 11.1. The zero-order valence-corrected chi connectivity index (χ0v) is 29.5. The summed E-state index contributed by atoms with van der Waals surface area (Å²) in [6.45, 7) is 11.9. The number of Topliss-reactive ketones (excluding diaryl/α,β-unsaturated/α-hetero) is 2. The molecule has 4 fully saturated rings. The van der Waals surface area contributed by atoms with E-state index in [1.807, 2.05) is 13.8 Å². The highest BCUT2D eigenvalue weighted by molar-refractivity contribution is 5.92. The average Bonchev–Trinajstić information content (AvgIpc) is 3.73. The number of fused-ring (bicyclic) bond motifs is 2. The Balaban J connectivity index is 1.31. The maximum Gasteiger partial charge on any atom is 0.331 e. The smallest absolute Gasteiger partial charge is 0.331 e. The summed E-state index contributed by atoms with van der Waals surface area (Å²) < 4.78 is 31.9. The van der Waals surface area contributed by atoms with E-state index >= 15 is 0 Å². The van der Waals surface area contributed by atoms with Crippen LogP contribution in [-0.4, -0.2) is 71.5 Å². The first kappa shape index (κ1) is 36.6. The van der Waals surface area contributed by atoms with Gasteiger partial charge in [-0.05, 0) is 64.4 Å². The number of ketones is 2. The number of esters is 1. The molecule has 7 aliphatic heterocycles. The van der Waals surface area contributed by atoms with Crippen molar-refractivity contribution in [1.82, 2.24) is 5.32 Å². The summed E-state index contributed by atoms with van der Waals surface area (Å²) in [4.78, 5) is 51.7. The summed E-state index contributed by atoms with van der Waals surface area (Å²) in [7, 11) is 0. The SMILES string of the molecule is CCCC(=O)N/C=C\C=C\C[C@@H]1OC(=O)C=C(C)[C@H](C)C[C@H]2O[C@H]2[C@@H]2CC[C@H]3O[C@@]4(CC[C@]3(C)O2)O[C@@H](CC(=O)[C@@H](C)CC1=O)C[C@@H]4C. The van der Waals surface area contributed by atoms with Gasteiger partial charge >= 0.3 is 5.97 Å². The Morgan fingerprint density at radius 2 is 1.75 bits per heavy atom. The fraction of sp³-hybridized carbons (Fsp3) is 0.737. The molecule has 48 heavy (non-hydrogen) atoms. The van der Waals surface area contributed by atoms with Crippen LogP contribution in [0.25, 0.3) is 0 Å². The van der Waals surface area contributed by atoms with Crippen LogP contribution < -0.4 is 5.32 Å². The van der Waals surface area contributed by atoms with Crippen LogP contribution in [0.1, 0.15) is 112 Å². The Bertz CT molecular complexity index is 1310. The molecular formula is C38H55NO9. The summed E-state index contributed by atoms with van der Waals surface area (Å²) in [6.07, 6.45) is 12.8. The molecule has 0 aliphatic carbocycles. The Morgan fingerprint density at radius 1 is 0.958 bits per heavy atom. The quantitative estimate of drug-likeness (QED) is 0.211. The Morgan fingerprint density at radius 3 is 2.52 bits per heavy atom. The third-order valence-electron chi connectivity index (χ3n) is 11.1. The number of rotatable bonds is 6. The second kappa shape index (κ2) is 15.5. The van der Waals surface area contributed by atoms with E-state index in [1.165, 1.54) is 12.3 Å². The summed E-state index contributed by atoms with van der Waals surface area (Å²) in [5, 5.41) is 2.68. The van der Waals surface area contributed by atoms with Crippen LogP contribution in [-0.2, 0) is 42.9 Å². The van der Waals surface area contributed by atoms with Gasteiger partial charge in [0, 0.05) is 56.2 Å². The first-order valence-corrected chi connectivity index (χ1v) is 18.1. The van der Waals surface area contributed by atoms with Gasteiger partial charge < -0.3 is 29.0 Å². The van der Waals surface area contributed by atoms with E-state index in [0.717, 1.165) is 37.7 Å². The molecule has 0 aromatic heterocycles. The fourth-order valence-corrected chi connectivity index (χ4v) is 7.76. The highest BCUT2D eigenvalue weighted by atomic mass is 16.7. The molecule has 11 atom stereocenters. The molecule has 0 unspecified atom stereocenters. The van der Waals surface area contributed by atoms with Crippen LogP contribution in [0, 0.1) is 17.8 Å². The van der Waals surface area contributed by atoms with Crippen molar-refractivity contribution in [3.8, 4) is 0 Å². The van der Waals surface area contributed by atoms with Crippen molar-refractivity contribution in [3.63, 3.8) is 0 Å². The van der Waals surface area contributed by atoms with Crippen molar-refractivity contribution in [2.45, 2.75) is 160 Å². The van der Waals surface area contributed by atoms with E-state index in [9.17, 15) is 19.2 Å². The van der Waals surface area contributed by atoms with Crippen LogP contribution in [0.4, 0.5) is 0 Å². The highest BCUT2D eigenvalue weighted by Gasteiger charge is 2.59. The molecule has 0 aromatic carbocycles. The predicted molar refractivity (Wildman–Crippen MR) is 178 cm³/mol. The standard InChI is InChI=1S/C38H55NO9/c1-7-11-34(42)39-17-10-8-9-12-30-29(41)18-25(4)28(40)22-27-21-26(5)38(46-27)16-15-37(6)33(48-38)14-13-31(47-37)36-32(45-36)19-23(2)24(3)20-35(43)44-30/h8-10,17,20,23,25-27,30-33,36H,7,11-16,18-19,21-22H2,1-6H3,(H,39,42)/b9-8+,17-10-,24-20?/t23-,25+,26+,27-,30+,31+,32-,33-,36+,37+,38-/m1/s1. The normalized spacial score (nSPS) is 41.1. The minimum Gasteiger partial charge on any atom is -0.451 e. The molecule has 0 radical (unpaired) electrons. The number of ether oxygens (including phenoxy) is 5. The fourth-order valence-electron chi connectivity index (χ4n) is 7.76. The summed E-state index contributed by atoms with van der Waals surface area (Å²) >= 11 is 0. The van der Waals surface area contributed by atoms with E-state index in [2.05, 4.69) is 26.1 Å². The molecule has 0 aromatic rings. The summed E-state index contributed by atoms with van der Waals surface area (Å²) in [5.74, 6) is -2.16. The van der Waals surface area contributed by atoms with E-state index in [4.69, 9.17) is 23.7 Å². The number of nitrogens with one attached hydrogen (secondary N) is 1. The van der Waals surface area contributed by atoms with Gasteiger partial charge in [-0.15, -0.1) is 0 Å². The molecule has 0 saturated carbocycles. The lowest BCUT2D eigenvalue weighted by molar-refractivity contribution is -0.344. The van der Waals surface area contributed by atoms with Gasteiger partial charge in [0.15, 0.2) is 17.7 Å². The van der Waals surface area contributed by atoms with E-state index in [0.29, 0.717) is 19.3 Å². The number of hydrogen-bond donors (Lipinski definition) is 1. The zero-order valence-electron chi connectivity index (χ0n) is 29.5. The molecule has 1 amide bonds. The van der Waals surface area contributed by atoms with Crippen LogP contribution in [0.15, 0.2) is 36.1 Å². The molecule has 7 rings (SSSR count). The van der Waals surface area contributed by atoms with Crippen molar-refractivity contribution >= 4 is 23.4 Å². The molecule has 7 aliphatic rings. The average molecular weight is 670 g/mol. The molecule has 7 heterocycles. The van der Waals surface area contributed by atoms with E-state index in [1.54, 1.807) is 25.2 Å². The number of amides is 1. The highest BCUT2D eigenvalue weighted by Crippen LogP contribution is 2.52. The number of allylic oxidation sites excluding steroid dienone is 3. The molecular weight excluding hydrogens is 614 g/mol. The molecule has 10 nitrogen and oxygen atoms in total. The summed E-state index contributed by atoms with van der Waals surface area (Å²) in [5.41, 5.74) is 0.422. The first-order valence-electron chi connectivity index (χ1n) is 18.1. The van der Waals surface area contributed by atoms with Crippen molar-refractivity contribution < 1.29 is 42.9 Å². The monoisotopic (exact) mass is 669 g/mol. The van der Waals surface area contributed by atoms with Gasteiger partial charge in [0.2, 0.25) is 5.91 Å². The third kappa shape index (κ3) is 8.73.